The van der Waals surface area contributed by atoms with Gasteiger partial charge in [0.1, 0.15) is 6.04 Å². The van der Waals surface area contributed by atoms with Crippen LogP contribution in [0.1, 0.15) is 36.9 Å². The van der Waals surface area contributed by atoms with Crippen LogP contribution < -0.4 is 5.32 Å². The Bertz CT molecular complexity index is 461. The summed E-state index contributed by atoms with van der Waals surface area (Å²) < 4.78 is 0. The van der Waals surface area contributed by atoms with Gasteiger partial charge in [0.05, 0.1) is 17.2 Å². The lowest BCUT2D eigenvalue weighted by Gasteiger charge is -2.20. The molecular formula is C13H21N3O3S. The fourth-order valence-electron chi connectivity index (χ4n) is 1.72. The van der Waals surface area contributed by atoms with Crippen molar-refractivity contribution in [1.82, 2.24) is 15.2 Å². The summed E-state index contributed by atoms with van der Waals surface area (Å²) in [5, 5.41) is 14.5. The van der Waals surface area contributed by atoms with Gasteiger partial charge in [0.25, 0.3) is 0 Å². The summed E-state index contributed by atoms with van der Waals surface area (Å²) in [7, 11) is 1.63. The van der Waals surface area contributed by atoms with Crippen molar-refractivity contribution in [2.45, 2.75) is 45.7 Å². The first-order valence-corrected chi connectivity index (χ1v) is 7.47. The average Bonchev–Trinajstić information content (AvgIpc) is 2.79. The SMILES string of the molecule is CCCC[C@H](NC(=O)N(C)Cc1csc(C)n1)C(=O)O. The van der Waals surface area contributed by atoms with Gasteiger partial charge in [-0.2, -0.15) is 0 Å². The number of nitrogens with zero attached hydrogens (tertiary/aromatic N) is 2. The van der Waals surface area contributed by atoms with E-state index in [0.29, 0.717) is 13.0 Å². The van der Waals surface area contributed by atoms with E-state index in [2.05, 4.69) is 10.3 Å². The van der Waals surface area contributed by atoms with E-state index in [9.17, 15) is 9.59 Å². The van der Waals surface area contributed by atoms with Crippen LogP contribution in [0, 0.1) is 6.92 Å². The van der Waals surface area contributed by atoms with Gasteiger partial charge in [-0.3, -0.25) is 0 Å². The summed E-state index contributed by atoms with van der Waals surface area (Å²) in [5.74, 6) is -0.996. The van der Waals surface area contributed by atoms with Crippen molar-refractivity contribution in [2.24, 2.45) is 0 Å². The first-order chi connectivity index (χ1) is 9.43. The third-order valence-electron chi connectivity index (χ3n) is 2.85. The first-order valence-electron chi connectivity index (χ1n) is 6.59. The first kappa shape index (κ1) is 16.4. The average molecular weight is 299 g/mol. The van der Waals surface area contributed by atoms with Crippen molar-refractivity contribution in [2.75, 3.05) is 7.05 Å². The summed E-state index contributed by atoms with van der Waals surface area (Å²) in [6.07, 6.45) is 2.11. The third-order valence-corrected chi connectivity index (χ3v) is 3.68. The monoisotopic (exact) mass is 299 g/mol. The molecule has 7 heteroatoms. The Kier molecular flexibility index (Phi) is 6.44. The number of carboxylic acids is 1. The normalized spacial score (nSPS) is 11.9. The van der Waals surface area contributed by atoms with Crippen LogP contribution in [-0.4, -0.2) is 40.1 Å². The molecular weight excluding hydrogens is 278 g/mol. The molecule has 0 fully saturated rings. The smallest absolute Gasteiger partial charge is 0.326 e. The molecule has 6 nitrogen and oxygen atoms in total. The molecule has 0 radical (unpaired) electrons. The minimum absolute atomic E-state index is 0.371. The minimum atomic E-state index is -0.996. The third kappa shape index (κ3) is 5.16. The maximum atomic E-state index is 12.0. The van der Waals surface area contributed by atoms with Crippen molar-refractivity contribution < 1.29 is 14.7 Å². The topological polar surface area (TPSA) is 82.5 Å². The highest BCUT2D eigenvalue weighted by Gasteiger charge is 2.21. The number of carbonyl (C=O) groups excluding carboxylic acids is 1. The molecule has 0 bridgehead atoms. The number of aryl methyl sites for hydroxylation is 1. The van der Waals surface area contributed by atoms with Crippen LogP contribution in [0.25, 0.3) is 0 Å². The number of aliphatic carboxylic acids is 1. The molecule has 1 atom stereocenters. The van der Waals surface area contributed by atoms with E-state index >= 15 is 0 Å². The van der Waals surface area contributed by atoms with Gasteiger partial charge in [-0.25, -0.2) is 14.6 Å². The largest absolute Gasteiger partial charge is 0.480 e. The van der Waals surface area contributed by atoms with Gasteiger partial charge in [0.15, 0.2) is 0 Å². The van der Waals surface area contributed by atoms with Crippen molar-refractivity contribution in [3.63, 3.8) is 0 Å². The van der Waals surface area contributed by atoms with Gasteiger partial charge in [-0.1, -0.05) is 19.8 Å². The van der Waals surface area contributed by atoms with Gasteiger partial charge >= 0.3 is 12.0 Å². The molecule has 0 saturated carbocycles. The number of nitrogens with one attached hydrogen (secondary N) is 1. The van der Waals surface area contributed by atoms with Crippen LogP contribution in [0.4, 0.5) is 4.79 Å². The molecule has 20 heavy (non-hydrogen) atoms. The highest BCUT2D eigenvalue weighted by atomic mass is 32.1. The zero-order valence-electron chi connectivity index (χ0n) is 12.0. The molecule has 0 aromatic carbocycles. The summed E-state index contributed by atoms with van der Waals surface area (Å²) in [5.41, 5.74) is 0.811. The number of carbonyl (C=O) groups is 2. The fraction of sp³-hybridized carbons (Fsp3) is 0.615. The second-order valence-corrected chi connectivity index (χ2v) is 5.76. The van der Waals surface area contributed by atoms with E-state index < -0.39 is 12.0 Å². The number of unbranched alkanes of at least 4 members (excludes halogenated alkanes) is 1. The number of thiazole rings is 1. The highest BCUT2D eigenvalue weighted by Crippen LogP contribution is 2.10. The standard InChI is InChI=1S/C13H21N3O3S/c1-4-5-6-11(12(17)18)15-13(19)16(3)7-10-8-20-9(2)14-10/h8,11H,4-7H2,1-3H3,(H,15,19)(H,17,18)/t11-/m0/s1. The quantitative estimate of drug-likeness (QED) is 0.809. The van der Waals surface area contributed by atoms with E-state index in [4.69, 9.17) is 5.11 Å². The number of hydrogen-bond donors (Lipinski definition) is 2. The van der Waals surface area contributed by atoms with E-state index in [1.54, 1.807) is 7.05 Å². The summed E-state index contributed by atoms with van der Waals surface area (Å²) in [4.78, 5) is 28.8. The van der Waals surface area contributed by atoms with Gasteiger partial charge in [0.2, 0.25) is 0 Å². The van der Waals surface area contributed by atoms with Crippen LogP contribution in [-0.2, 0) is 11.3 Å². The Hall–Kier alpha value is -1.63. The maximum absolute atomic E-state index is 12.0. The summed E-state index contributed by atoms with van der Waals surface area (Å²) in [6, 6.07) is -1.22. The van der Waals surface area contributed by atoms with E-state index in [-0.39, 0.29) is 6.03 Å². The lowest BCUT2D eigenvalue weighted by atomic mass is 10.1. The number of hydrogen-bond acceptors (Lipinski definition) is 4. The van der Waals surface area contributed by atoms with E-state index in [0.717, 1.165) is 23.5 Å². The molecule has 0 unspecified atom stereocenters. The highest BCUT2D eigenvalue weighted by molar-refractivity contribution is 7.09. The molecule has 112 valence electrons. The number of carboxylic acid groups (broad SMARTS) is 1. The molecule has 2 N–H and O–H groups in total. The predicted octanol–water partition coefficient (Wildman–Crippen LogP) is 2.24. The number of rotatable bonds is 7. The van der Waals surface area contributed by atoms with Crippen LogP contribution in [0.5, 0.6) is 0 Å². The molecule has 2 amide bonds. The Balaban J connectivity index is 2.52. The zero-order chi connectivity index (χ0) is 15.1. The van der Waals surface area contributed by atoms with Gasteiger partial charge < -0.3 is 15.3 Å². The van der Waals surface area contributed by atoms with Crippen molar-refractivity contribution in [3.05, 3.63) is 16.1 Å². The summed E-state index contributed by atoms with van der Waals surface area (Å²) in [6.45, 7) is 4.26. The molecule has 0 aliphatic rings. The Morgan fingerprint density at radius 1 is 1.55 bits per heavy atom. The van der Waals surface area contributed by atoms with Crippen LogP contribution in [0.15, 0.2) is 5.38 Å². The second kappa shape index (κ2) is 7.84. The molecule has 1 aromatic rings. The predicted molar refractivity (Wildman–Crippen MR) is 77.8 cm³/mol. The zero-order valence-corrected chi connectivity index (χ0v) is 12.9. The van der Waals surface area contributed by atoms with Crippen molar-refractivity contribution in [1.29, 1.82) is 0 Å². The lowest BCUT2D eigenvalue weighted by Crippen LogP contribution is -2.46. The second-order valence-electron chi connectivity index (χ2n) is 4.70. The molecule has 1 heterocycles. The molecule has 0 spiro atoms. The van der Waals surface area contributed by atoms with Gasteiger partial charge in [-0.05, 0) is 13.3 Å². The van der Waals surface area contributed by atoms with Crippen LogP contribution in [0.3, 0.4) is 0 Å². The molecule has 1 rings (SSSR count). The summed E-state index contributed by atoms with van der Waals surface area (Å²) >= 11 is 1.52. The molecule has 0 aliphatic carbocycles. The van der Waals surface area contributed by atoms with Crippen molar-refractivity contribution >= 4 is 23.3 Å². The molecule has 1 aromatic heterocycles. The Morgan fingerprint density at radius 3 is 2.75 bits per heavy atom. The molecule has 0 saturated heterocycles. The Labute approximate surface area is 122 Å². The van der Waals surface area contributed by atoms with Gasteiger partial charge in [0, 0.05) is 12.4 Å². The Morgan fingerprint density at radius 2 is 2.25 bits per heavy atom. The van der Waals surface area contributed by atoms with E-state index in [1.807, 2.05) is 19.2 Å². The van der Waals surface area contributed by atoms with Crippen LogP contribution >= 0.6 is 11.3 Å². The lowest BCUT2D eigenvalue weighted by molar-refractivity contribution is -0.139. The van der Waals surface area contributed by atoms with Gasteiger partial charge in [-0.15, -0.1) is 11.3 Å². The fourth-order valence-corrected chi connectivity index (χ4v) is 2.32. The number of amides is 2. The van der Waals surface area contributed by atoms with Crippen molar-refractivity contribution in [3.8, 4) is 0 Å². The minimum Gasteiger partial charge on any atom is -0.480 e. The number of urea groups is 1. The molecule has 0 aliphatic heterocycles. The van der Waals surface area contributed by atoms with Crippen LogP contribution in [0.2, 0.25) is 0 Å². The number of aromatic nitrogens is 1. The maximum Gasteiger partial charge on any atom is 0.326 e. The van der Waals surface area contributed by atoms with E-state index in [1.165, 1.54) is 16.2 Å².